The third kappa shape index (κ3) is 3.89. The van der Waals surface area contributed by atoms with Gasteiger partial charge in [0.2, 0.25) is 0 Å². The van der Waals surface area contributed by atoms with Crippen LogP contribution in [0.2, 0.25) is 5.02 Å². The summed E-state index contributed by atoms with van der Waals surface area (Å²) in [5.74, 6) is -0.987. The summed E-state index contributed by atoms with van der Waals surface area (Å²) in [5, 5.41) is 15.0. The van der Waals surface area contributed by atoms with Gasteiger partial charge in [0.05, 0.1) is 10.7 Å². The lowest BCUT2D eigenvalue weighted by Crippen LogP contribution is -2.56. The van der Waals surface area contributed by atoms with Crippen LogP contribution in [0.3, 0.4) is 0 Å². The van der Waals surface area contributed by atoms with Crippen molar-refractivity contribution in [1.82, 2.24) is 5.32 Å². The molecular formula is C14H16BrClN2O3. The topological polar surface area (TPSA) is 78.4 Å². The first-order chi connectivity index (χ1) is 9.93. The van der Waals surface area contributed by atoms with E-state index in [1.54, 1.807) is 18.2 Å². The first-order valence-electron chi connectivity index (χ1n) is 6.70. The second-order valence-electron chi connectivity index (χ2n) is 5.15. The number of benzene rings is 1. The van der Waals surface area contributed by atoms with E-state index in [0.29, 0.717) is 23.6 Å². The Labute approximate surface area is 136 Å². The molecule has 0 aromatic heterocycles. The molecule has 5 nitrogen and oxygen atoms in total. The molecule has 0 aliphatic heterocycles. The van der Waals surface area contributed by atoms with E-state index in [1.807, 2.05) is 0 Å². The summed E-state index contributed by atoms with van der Waals surface area (Å²) in [6.07, 6.45) is 3.49. The predicted molar refractivity (Wildman–Crippen MR) is 84.8 cm³/mol. The number of carboxylic acids is 1. The maximum Gasteiger partial charge on any atom is 0.329 e. The number of rotatable bonds is 3. The van der Waals surface area contributed by atoms with Crippen LogP contribution in [0.15, 0.2) is 22.7 Å². The maximum absolute atomic E-state index is 12.1. The van der Waals surface area contributed by atoms with Crippen molar-refractivity contribution >= 4 is 45.2 Å². The van der Waals surface area contributed by atoms with Crippen LogP contribution in [-0.4, -0.2) is 22.6 Å². The van der Waals surface area contributed by atoms with Crippen molar-refractivity contribution in [3.8, 4) is 0 Å². The molecule has 0 radical (unpaired) electrons. The lowest BCUT2D eigenvalue weighted by molar-refractivity contribution is -0.145. The summed E-state index contributed by atoms with van der Waals surface area (Å²) in [7, 11) is 0. The molecule has 3 N–H and O–H groups in total. The van der Waals surface area contributed by atoms with Gasteiger partial charge in [-0.2, -0.15) is 0 Å². The number of hydrogen-bond acceptors (Lipinski definition) is 2. The summed E-state index contributed by atoms with van der Waals surface area (Å²) in [6.45, 7) is 0. The molecule has 114 valence electrons. The number of hydrogen-bond donors (Lipinski definition) is 3. The standard InChI is InChI=1S/C14H16BrClN2O3/c15-9-4-5-11(10(16)8-9)17-13(21)18-14(12(19)20)6-2-1-3-7-14/h4-5,8H,1-3,6-7H2,(H,19,20)(H2,17,18,21). The Hall–Kier alpha value is -1.27. The summed E-state index contributed by atoms with van der Waals surface area (Å²) in [4.78, 5) is 23.6. The average Bonchev–Trinajstić information content (AvgIpc) is 2.43. The third-order valence-corrected chi connectivity index (χ3v) is 4.45. The van der Waals surface area contributed by atoms with Crippen LogP contribution in [0.5, 0.6) is 0 Å². The van der Waals surface area contributed by atoms with Gasteiger partial charge in [0.15, 0.2) is 0 Å². The van der Waals surface area contributed by atoms with E-state index in [9.17, 15) is 14.7 Å². The van der Waals surface area contributed by atoms with Gasteiger partial charge in [-0.25, -0.2) is 9.59 Å². The zero-order chi connectivity index (χ0) is 15.5. The molecule has 0 atom stereocenters. The van der Waals surface area contributed by atoms with Gasteiger partial charge in [0.25, 0.3) is 0 Å². The van der Waals surface area contributed by atoms with Gasteiger partial charge in [-0.1, -0.05) is 46.8 Å². The normalized spacial score (nSPS) is 17.0. The number of aliphatic carboxylic acids is 1. The van der Waals surface area contributed by atoms with Crippen LogP contribution in [0, 0.1) is 0 Å². The van der Waals surface area contributed by atoms with E-state index in [2.05, 4.69) is 26.6 Å². The van der Waals surface area contributed by atoms with Gasteiger partial charge >= 0.3 is 12.0 Å². The fourth-order valence-electron chi connectivity index (χ4n) is 2.51. The number of carboxylic acid groups (broad SMARTS) is 1. The third-order valence-electron chi connectivity index (χ3n) is 3.65. The van der Waals surface area contributed by atoms with Crippen LogP contribution in [-0.2, 0) is 4.79 Å². The van der Waals surface area contributed by atoms with Gasteiger partial charge in [0, 0.05) is 4.47 Å². The van der Waals surface area contributed by atoms with Crippen LogP contribution in [0.25, 0.3) is 0 Å². The second kappa shape index (κ2) is 6.66. The maximum atomic E-state index is 12.1. The number of carbonyl (C=O) groups is 2. The molecule has 1 aromatic carbocycles. The predicted octanol–water partition coefficient (Wildman–Crippen LogP) is 4.01. The van der Waals surface area contributed by atoms with Crippen molar-refractivity contribution in [3.63, 3.8) is 0 Å². The Balaban J connectivity index is 2.07. The molecule has 7 heteroatoms. The molecule has 1 aliphatic carbocycles. The van der Waals surface area contributed by atoms with E-state index >= 15 is 0 Å². The molecule has 1 saturated carbocycles. The van der Waals surface area contributed by atoms with Gasteiger partial charge in [0.1, 0.15) is 5.54 Å². The Morgan fingerprint density at radius 3 is 2.48 bits per heavy atom. The number of urea groups is 1. The van der Waals surface area contributed by atoms with E-state index in [0.717, 1.165) is 23.7 Å². The minimum atomic E-state index is -1.18. The SMILES string of the molecule is O=C(Nc1ccc(Br)cc1Cl)NC1(C(=O)O)CCCCC1. The number of amides is 2. The van der Waals surface area contributed by atoms with E-state index < -0.39 is 17.5 Å². The summed E-state index contributed by atoms with van der Waals surface area (Å²) in [5.41, 5.74) is -0.738. The molecule has 1 aromatic rings. The Bertz CT molecular complexity index is 559. The van der Waals surface area contributed by atoms with Crippen LogP contribution >= 0.6 is 27.5 Å². The van der Waals surface area contributed by atoms with Crippen molar-refractivity contribution in [2.45, 2.75) is 37.6 Å². The first-order valence-corrected chi connectivity index (χ1v) is 7.88. The highest BCUT2D eigenvalue weighted by Gasteiger charge is 2.41. The zero-order valence-corrected chi connectivity index (χ0v) is 13.6. The number of nitrogens with one attached hydrogen (secondary N) is 2. The van der Waals surface area contributed by atoms with Gasteiger partial charge in [-0.05, 0) is 31.0 Å². The number of anilines is 1. The Morgan fingerprint density at radius 2 is 1.90 bits per heavy atom. The van der Waals surface area contributed by atoms with E-state index in [-0.39, 0.29) is 0 Å². The van der Waals surface area contributed by atoms with Crippen molar-refractivity contribution in [2.75, 3.05) is 5.32 Å². The fraction of sp³-hybridized carbons (Fsp3) is 0.429. The second-order valence-corrected chi connectivity index (χ2v) is 6.47. The lowest BCUT2D eigenvalue weighted by atomic mass is 9.82. The minimum absolute atomic E-state index is 0.382. The van der Waals surface area contributed by atoms with Crippen LogP contribution in [0.4, 0.5) is 10.5 Å². The highest BCUT2D eigenvalue weighted by molar-refractivity contribution is 9.10. The molecule has 0 spiro atoms. The molecule has 21 heavy (non-hydrogen) atoms. The van der Waals surface area contributed by atoms with Gasteiger partial charge < -0.3 is 15.7 Å². The van der Waals surface area contributed by atoms with Gasteiger partial charge in [-0.15, -0.1) is 0 Å². The van der Waals surface area contributed by atoms with E-state index in [4.69, 9.17) is 11.6 Å². The van der Waals surface area contributed by atoms with Crippen molar-refractivity contribution < 1.29 is 14.7 Å². The van der Waals surface area contributed by atoms with E-state index in [1.165, 1.54) is 0 Å². The minimum Gasteiger partial charge on any atom is -0.480 e. The number of carbonyl (C=O) groups excluding carboxylic acids is 1. The smallest absolute Gasteiger partial charge is 0.329 e. The Kier molecular flexibility index (Phi) is 5.11. The first kappa shape index (κ1) is 16.1. The molecule has 1 fully saturated rings. The molecule has 0 heterocycles. The lowest BCUT2D eigenvalue weighted by Gasteiger charge is -2.33. The highest BCUT2D eigenvalue weighted by atomic mass is 79.9. The summed E-state index contributed by atoms with van der Waals surface area (Å²) in [6, 6.07) is 4.50. The fourth-order valence-corrected chi connectivity index (χ4v) is 3.23. The molecule has 0 saturated heterocycles. The molecule has 2 amide bonds. The Morgan fingerprint density at radius 1 is 1.24 bits per heavy atom. The van der Waals surface area contributed by atoms with Crippen molar-refractivity contribution in [3.05, 3.63) is 27.7 Å². The molecule has 0 unspecified atom stereocenters. The summed E-state index contributed by atoms with van der Waals surface area (Å²) >= 11 is 9.30. The highest BCUT2D eigenvalue weighted by Crippen LogP contribution is 2.29. The quantitative estimate of drug-likeness (QED) is 0.747. The van der Waals surface area contributed by atoms with Crippen LogP contribution < -0.4 is 10.6 Å². The molecular weight excluding hydrogens is 360 g/mol. The largest absolute Gasteiger partial charge is 0.480 e. The van der Waals surface area contributed by atoms with Crippen molar-refractivity contribution in [2.24, 2.45) is 0 Å². The molecule has 2 rings (SSSR count). The van der Waals surface area contributed by atoms with Crippen molar-refractivity contribution in [1.29, 1.82) is 0 Å². The van der Waals surface area contributed by atoms with Gasteiger partial charge in [-0.3, -0.25) is 0 Å². The van der Waals surface area contributed by atoms with Crippen LogP contribution in [0.1, 0.15) is 32.1 Å². The summed E-state index contributed by atoms with van der Waals surface area (Å²) < 4.78 is 0.799. The monoisotopic (exact) mass is 374 g/mol. The molecule has 0 bridgehead atoms. The number of halogens is 2. The molecule has 1 aliphatic rings. The average molecular weight is 376 g/mol. The zero-order valence-electron chi connectivity index (χ0n) is 11.3.